The van der Waals surface area contributed by atoms with Crippen molar-refractivity contribution in [3.05, 3.63) is 12.5 Å². The lowest BCUT2D eigenvalue weighted by Crippen LogP contribution is -2.49. The van der Waals surface area contributed by atoms with Crippen molar-refractivity contribution in [1.82, 2.24) is 24.6 Å². The number of piperazine rings is 1. The fourth-order valence-electron chi connectivity index (χ4n) is 3.68. The molecule has 0 spiro atoms. The van der Waals surface area contributed by atoms with E-state index in [4.69, 9.17) is 4.74 Å². The fourth-order valence-corrected chi connectivity index (χ4v) is 3.68. The van der Waals surface area contributed by atoms with Crippen molar-refractivity contribution in [2.75, 3.05) is 37.7 Å². The van der Waals surface area contributed by atoms with Gasteiger partial charge in [0.2, 0.25) is 5.91 Å². The van der Waals surface area contributed by atoms with Crippen LogP contribution in [0.15, 0.2) is 12.5 Å². The summed E-state index contributed by atoms with van der Waals surface area (Å²) in [5.41, 5.74) is 0.833. The fraction of sp³-hybridized carbons (Fsp3) is 0.647. The Hall–Kier alpha value is -2.22. The molecule has 0 aromatic carbocycles. The largest absolute Gasteiger partial charge is 0.378 e. The molecule has 1 atom stereocenters. The van der Waals surface area contributed by atoms with Gasteiger partial charge >= 0.3 is 0 Å². The Morgan fingerprint density at radius 2 is 2.12 bits per heavy atom. The van der Waals surface area contributed by atoms with Gasteiger partial charge in [0.05, 0.1) is 17.7 Å². The van der Waals surface area contributed by atoms with E-state index in [1.54, 1.807) is 11.0 Å². The smallest absolute Gasteiger partial charge is 0.222 e. The van der Waals surface area contributed by atoms with E-state index < -0.39 is 0 Å². The Kier molecular flexibility index (Phi) is 4.52. The van der Waals surface area contributed by atoms with Crippen LogP contribution < -0.4 is 4.90 Å². The maximum Gasteiger partial charge on any atom is 0.222 e. The molecule has 0 bridgehead atoms. The lowest BCUT2D eigenvalue weighted by molar-refractivity contribution is -0.132. The third-order valence-corrected chi connectivity index (χ3v) is 5.14. The van der Waals surface area contributed by atoms with Crippen LogP contribution in [0.3, 0.4) is 0 Å². The number of aromatic nitrogens is 4. The molecule has 2 aliphatic rings. The van der Waals surface area contributed by atoms with Crippen LogP contribution >= 0.6 is 0 Å². The molecule has 4 heterocycles. The van der Waals surface area contributed by atoms with Crippen LogP contribution in [0.25, 0.3) is 11.0 Å². The van der Waals surface area contributed by atoms with E-state index >= 15 is 0 Å². The molecule has 25 heavy (non-hydrogen) atoms. The number of fused-ring (bicyclic) bond motifs is 1. The lowest BCUT2D eigenvalue weighted by Gasteiger charge is -2.35. The van der Waals surface area contributed by atoms with Crippen LogP contribution in [-0.4, -0.2) is 69.4 Å². The van der Waals surface area contributed by atoms with Gasteiger partial charge in [0.25, 0.3) is 0 Å². The number of nitrogens with zero attached hydrogens (tertiary/aromatic N) is 6. The van der Waals surface area contributed by atoms with Gasteiger partial charge in [-0.1, -0.05) is 0 Å². The second-order valence-corrected chi connectivity index (χ2v) is 6.74. The van der Waals surface area contributed by atoms with Crippen molar-refractivity contribution in [3.8, 4) is 0 Å². The third kappa shape index (κ3) is 3.30. The number of carbonyl (C=O) groups is 1. The summed E-state index contributed by atoms with van der Waals surface area (Å²) in [6.45, 7) is 3.88. The maximum atomic E-state index is 12.4. The van der Waals surface area contributed by atoms with Crippen molar-refractivity contribution in [2.24, 2.45) is 7.05 Å². The van der Waals surface area contributed by atoms with Gasteiger partial charge in [-0.3, -0.25) is 9.48 Å². The zero-order valence-corrected chi connectivity index (χ0v) is 14.6. The standard InChI is InChI=1S/C17H24N6O2/c1-21-16-14(11-20-21)17(19-12-18-16)23-8-6-22(7-9-23)15(24)5-4-13-3-2-10-25-13/h11-13H,2-10H2,1H3/t13-/m0/s1. The van der Waals surface area contributed by atoms with Crippen LogP contribution in [0.2, 0.25) is 0 Å². The predicted octanol–water partition coefficient (Wildman–Crippen LogP) is 0.971. The van der Waals surface area contributed by atoms with E-state index in [-0.39, 0.29) is 12.0 Å². The summed E-state index contributed by atoms with van der Waals surface area (Å²) in [6, 6.07) is 0. The van der Waals surface area contributed by atoms with Gasteiger partial charge in [0, 0.05) is 46.3 Å². The van der Waals surface area contributed by atoms with E-state index in [2.05, 4.69) is 20.0 Å². The molecule has 2 aliphatic heterocycles. The predicted molar refractivity (Wildman–Crippen MR) is 93.3 cm³/mol. The minimum atomic E-state index is 0.240. The summed E-state index contributed by atoms with van der Waals surface area (Å²) in [7, 11) is 1.88. The maximum absolute atomic E-state index is 12.4. The first-order chi connectivity index (χ1) is 12.2. The summed E-state index contributed by atoms with van der Waals surface area (Å²) >= 11 is 0. The molecule has 2 aromatic heterocycles. The molecule has 0 radical (unpaired) electrons. The zero-order chi connectivity index (χ0) is 17.2. The first-order valence-electron chi connectivity index (χ1n) is 8.99. The second-order valence-electron chi connectivity index (χ2n) is 6.74. The van der Waals surface area contributed by atoms with Crippen LogP contribution in [-0.2, 0) is 16.6 Å². The summed E-state index contributed by atoms with van der Waals surface area (Å²) in [6.07, 6.45) is 7.33. The highest BCUT2D eigenvalue weighted by molar-refractivity contribution is 5.86. The molecule has 0 unspecified atom stereocenters. The Morgan fingerprint density at radius 3 is 2.88 bits per heavy atom. The molecule has 8 nitrogen and oxygen atoms in total. The summed E-state index contributed by atoms with van der Waals surface area (Å²) in [4.78, 5) is 25.3. The molecule has 4 rings (SSSR count). The van der Waals surface area contributed by atoms with E-state index in [1.165, 1.54) is 0 Å². The number of anilines is 1. The third-order valence-electron chi connectivity index (χ3n) is 5.14. The molecule has 2 saturated heterocycles. The highest BCUT2D eigenvalue weighted by Gasteiger charge is 2.25. The highest BCUT2D eigenvalue weighted by atomic mass is 16.5. The average molecular weight is 344 g/mol. The molecule has 0 aliphatic carbocycles. The topological polar surface area (TPSA) is 76.4 Å². The zero-order valence-electron chi connectivity index (χ0n) is 14.6. The normalized spacial score (nSPS) is 21.2. The van der Waals surface area contributed by atoms with Gasteiger partial charge in [0.1, 0.15) is 12.1 Å². The van der Waals surface area contributed by atoms with Crippen LogP contribution in [0.5, 0.6) is 0 Å². The number of hydrogen-bond acceptors (Lipinski definition) is 6. The lowest BCUT2D eigenvalue weighted by atomic mass is 10.1. The second kappa shape index (κ2) is 6.95. The van der Waals surface area contributed by atoms with Crippen molar-refractivity contribution in [3.63, 3.8) is 0 Å². The molecule has 0 saturated carbocycles. The first kappa shape index (κ1) is 16.3. The van der Waals surface area contributed by atoms with Gasteiger partial charge < -0.3 is 14.5 Å². The molecular formula is C17H24N6O2. The summed E-state index contributed by atoms with van der Waals surface area (Å²) in [5.74, 6) is 1.15. The minimum Gasteiger partial charge on any atom is -0.378 e. The summed E-state index contributed by atoms with van der Waals surface area (Å²) in [5, 5.41) is 5.23. The molecule has 2 aromatic rings. The average Bonchev–Trinajstić information content (AvgIpc) is 3.30. The minimum absolute atomic E-state index is 0.240. The number of rotatable bonds is 4. The number of amides is 1. The highest BCUT2D eigenvalue weighted by Crippen LogP contribution is 2.23. The first-order valence-corrected chi connectivity index (χ1v) is 8.99. The van der Waals surface area contributed by atoms with Gasteiger partial charge in [-0.2, -0.15) is 5.10 Å². The monoisotopic (exact) mass is 344 g/mol. The van der Waals surface area contributed by atoms with Crippen LogP contribution in [0.1, 0.15) is 25.7 Å². The van der Waals surface area contributed by atoms with E-state index in [9.17, 15) is 4.79 Å². The number of ether oxygens (including phenoxy) is 1. The molecular weight excluding hydrogens is 320 g/mol. The van der Waals surface area contributed by atoms with Crippen LogP contribution in [0, 0.1) is 0 Å². The van der Waals surface area contributed by atoms with Gasteiger partial charge in [0.15, 0.2) is 5.65 Å². The van der Waals surface area contributed by atoms with E-state index in [1.807, 2.05) is 18.1 Å². The SMILES string of the molecule is Cn1ncc2c(N3CCN(C(=O)CC[C@@H]4CCCO4)CC3)ncnc21. The van der Waals surface area contributed by atoms with Crippen molar-refractivity contribution >= 4 is 22.8 Å². The van der Waals surface area contributed by atoms with Gasteiger partial charge in [-0.15, -0.1) is 0 Å². The van der Waals surface area contributed by atoms with Crippen molar-refractivity contribution < 1.29 is 9.53 Å². The molecule has 134 valence electrons. The van der Waals surface area contributed by atoms with E-state index in [0.29, 0.717) is 6.42 Å². The molecule has 2 fully saturated rings. The van der Waals surface area contributed by atoms with Crippen LogP contribution in [0.4, 0.5) is 5.82 Å². The Bertz CT molecular complexity index is 747. The number of carbonyl (C=O) groups excluding carboxylic acids is 1. The molecule has 1 amide bonds. The Morgan fingerprint density at radius 1 is 1.28 bits per heavy atom. The summed E-state index contributed by atoms with van der Waals surface area (Å²) < 4.78 is 7.36. The Balaban J connectivity index is 1.35. The van der Waals surface area contributed by atoms with Gasteiger partial charge in [-0.05, 0) is 19.3 Å². The quantitative estimate of drug-likeness (QED) is 0.823. The van der Waals surface area contributed by atoms with Gasteiger partial charge in [-0.25, -0.2) is 9.97 Å². The molecule has 8 heteroatoms. The van der Waals surface area contributed by atoms with Crippen molar-refractivity contribution in [1.29, 1.82) is 0 Å². The number of hydrogen-bond donors (Lipinski definition) is 0. The van der Waals surface area contributed by atoms with Crippen molar-refractivity contribution in [2.45, 2.75) is 31.8 Å². The Labute approximate surface area is 146 Å². The number of aryl methyl sites for hydroxylation is 1. The van der Waals surface area contributed by atoms with E-state index in [0.717, 1.165) is 68.9 Å². The molecule has 0 N–H and O–H groups in total.